The zero-order valence-electron chi connectivity index (χ0n) is 16.8. The Morgan fingerprint density at radius 2 is 2.00 bits per heavy atom. The predicted octanol–water partition coefficient (Wildman–Crippen LogP) is 4.92. The molecule has 0 aliphatic carbocycles. The lowest BCUT2D eigenvalue weighted by Gasteiger charge is -2.08. The van der Waals surface area contributed by atoms with E-state index in [1.807, 2.05) is 38.1 Å². The van der Waals surface area contributed by atoms with Crippen molar-refractivity contribution in [2.45, 2.75) is 20.4 Å². The SMILES string of the molecule is Cc1cccc(-c2ccnc3c2c(C)nn3CC(=O)Nc2ccc(Cl)cc2[N+](=O)[O-])c1. The van der Waals surface area contributed by atoms with E-state index in [1.165, 1.54) is 22.9 Å². The maximum absolute atomic E-state index is 12.6. The van der Waals surface area contributed by atoms with Crippen LogP contribution in [0.25, 0.3) is 22.2 Å². The second-order valence-corrected chi connectivity index (χ2v) is 7.57. The van der Waals surface area contributed by atoms with Gasteiger partial charge in [-0.3, -0.25) is 14.9 Å². The Morgan fingerprint density at radius 1 is 1.19 bits per heavy atom. The molecular formula is C22H18ClN5O3. The van der Waals surface area contributed by atoms with E-state index in [-0.39, 0.29) is 22.9 Å². The van der Waals surface area contributed by atoms with Crippen LogP contribution in [0.3, 0.4) is 0 Å². The first kappa shape index (κ1) is 20.5. The summed E-state index contributed by atoms with van der Waals surface area (Å²) in [5.41, 5.74) is 4.25. The number of aromatic nitrogens is 3. The van der Waals surface area contributed by atoms with Gasteiger partial charge >= 0.3 is 0 Å². The van der Waals surface area contributed by atoms with Crippen molar-refractivity contribution in [3.05, 3.63) is 81.1 Å². The van der Waals surface area contributed by atoms with Crippen LogP contribution in [0.15, 0.2) is 54.7 Å². The molecule has 0 radical (unpaired) electrons. The van der Waals surface area contributed by atoms with Crippen LogP contribution in [0.2, 0.25) is 5.02 Å². The van der Waals surface area contributed by atoms with Gasteiger partial charge in [0.05, 0.1) is 10.6 Å². The highest BCUT2D eigenvalue weighted by Crippen LogP contribution is 2.31. The lowest BCUT2D eigenvalue weighted by atomic mass is 10.0. The van der Waals surface area contributed by atoms with E-state index in [2.05, 4.69) is 21.5 Å². The number of amides is 1. The largest absolute Gasteiger partial charge is 0.319 e. The van der Waals surface area contributed by atoms with Crippen LogP contribution in [-0.4, -0.2) is 25.6 Å². The summed E-state index contributed by atoms with van der Waals surface area (Å²) < 4.78 is 1.50. The van der Waals surface area contributed by atoms with Crippen LogP contribution in [0.1, 0.15) is 11.3 Å². The highest BCUT2D eigenvalue weighted by Gasteiger charge is 2.19. The second kappa shape index (κ2) is 8.16. The van der Waals surface area contributed by atoms with Gasteiger partial charge in [-0.1, -0.05) is 41.4 Å². The lowest BCUT2D eigenvalue weighted by molar-refractivity contribution is -0.383. The number of nitrogens with zero attached hydrogens (tertiary/aromatic N) is 4. The molecule has 2 aromatic heterocycles. The number of carbonyl (C=O) groups is 1. The predicted molar refractivity (Wildman–Crippen MR) is 119 cm³/mol. The first-order chi connectivity index (χ1) is 14.8. The Hall–Kier alpha value is -3.78. The van der Waals surface area contributed by atoms with Gasteiger partial charge in [-0.2, -0.15) is 5.10 Å². The third-order valence-electron chi connectivity index (χ3n) is 4.86. The number of aryl methyl sites for hydroxylation is 2. The number of nitrogens with one attached hydrogen (secondary N) is 1. The summed E-state index contributed by atoms with van der Waals surface area (Å²) in [5.74, 6) is -0.461. The number of carbonyl (C=O) groups excluding carboxylic acids is 1. The number of halogens is 1. The third-order valence-corrected chi connectivity index (χ3v) is 5.10. The summed E-state index contributed by atoms with van der Waals surface area (Å²) in [6, 6.07) is 14.1. The summed E-state index contributed by atoms with van der Waals surface area (Å²) in [6.45, 7) is 3.74. The standard InChI is InChI=1S/C22H18ClN5O3/c1-13-4-3-5-15(10-13)17-8-9-24-22-21(17)14(2)26-27(22)12-20(29)25-18-7-6-16(23)11-19(18)28(30)31/h3-11H,12H2,1-2H3,(H,25,29). The van der Waals surface area contributed by atoms with Gasteiger partial charge in [-0.25, -0.2) is 9.67 Å². The van der Waals surface area contributed by atoms with Crippen molar-refractivity contribution >= 4 is 39.9 Å². The number of pyridine rings is 1. The Balaban J connectivity index is 1.67. The maximum Gasteiger partial charge on any atom is 0.294 e. The number of benzene rings is 2. The number of nitro benzene ring substituents is 1. The van der Waals surface area contributed by atoms with Crippen LogP contribution >= 0.6 is 11.6 Å². The number of rotatable bonds is 5. The smallest absolute Gasteiger partial charge is 0.294 e. The molecule has 2 heterocycles. The van der Waals surface area contributed by atoms with Crippen molar-refractivity contribution in [1.29, 1.82) is 0 Å². The maximum atomic E-state index is 12.6. The minimum absolute atomic E-state index is 0.0704. The zero-order chi connectivity index (χ0) is 22.1. The number of fused-ring (bicyclic) bond motifs is 1. The van der Waals surface area contributed by atoms with Crippen LogP contribution in [0.4, 0.5) is 11.4 Å². The van der Waals surface area contributed by atoms with Gasteiger partial charge in [-0.15, -0.1) is 0 Å². The van der Waals surface area contributed by atoms with E-state index in [4.69, 9.17) is 11.6 Å². The minimum Gasteiger partial charge on any atom is -0.319 e. The topological polar surface area (TPSA) is 103 Å². The average molecular weight is 436 g/mol. The fraction of sp³-hybridized carbons (Fsp3) is 0.136. The van der Waals surface area contributed by atoms with Gasteiger partial charge in [0.25, 0.3) is 5.69 Å². The molecule has 9 heteroatoms. The first-order valence-corrected chi connectivity index (χ1v) is 9.84. The molecule has 0 saturated carbocycles. The van der Waals surface area contributed by atoms with Gasteiger partial charge in [0.15, 0.2) is 5.65 Å². The highest BCUT2D eigenvalue weighted by molar-refractivity contribution is 6.31. The van der Waals surface area contributed by atoms with Crippen molar-refractivity contribution in [2.24, 2.45) is 0 Å². The van der Waals surface area contributed by atoms with E-state index >= 15 is 0 Å². The molecule has 0 saturated heterocycles. The van der Waals surface area contributed by atoms with E-state index in [9.17, 15) is 14.9 Å². The molecule has 8 nitrogen and oxygen atoms in total. The van der Waals surface area contributed by atoms with Gasteiger partial charge in [-0.05, 0) is 43.2 Å². The molecule has 0 spiro atoms. The normalized spacial score (nSPS) is 10.9. The summed E-state index contributed by atoms with van der Waals surface area (Å²) >= 11 is 5.83. The molecular weight excluding hydrogens is 418 g/mol. The van der Waals surface area contributed by atoms with E-state index in [1.54, 1.807) is 6.20 Å². The molecule has 4 rings (SSSR count). The zero-order valence-corrected chi connectivity index (χ0v) is 17.6. The van der Waals surface area contributed by atoms with Gasteiger partial charge in [0.1, 0.15) is 12.2 Å². The molecule has 0 aliphatic rings. The lowest BCUT2D eigenvalue weighted by Crippen LogP contribution is -2.20. The van der Waals surface area contributed by atoms with Crippen molar-refractivity contribution in [2.75, 3.05) is 5.32 Å². The summed E-state index contributed by atoms with van der Waals surface area (Å²) in [6.07, 6.45) is 1.68. The molecule has 156 valence electrons. The molecule has 1 amide bonds. The number of nitro groups is 1. The average Bonchev–Trinajstić information content (AvgIpc) is 3.04. The van der Waals surface area contributed by atoms with Crippen molar-refractivity contribution in [3.8, 4) is 11.1 Å². The second-order valence-electron chi connectivity index (χ2n) is 7.14. The molecule has 0 bridgehead atoms. The molecule has 31 heavy (non-hydrogen) atoms. The van der Waals surface area contributed by atoms with Crippen LogP contribution in [-0.2, 0) is 11.3 Å². The Morgan fingerprint density at radius 3 is 2.74 bits per heavy atom. The van der Waals surface area contributed by atoms with E-state index in [0.717, 1.165) is 27.8 Å². The van der Waals surface area contributed by atoms with Gasteiger partial charge in [0, 0.05) is 22.7 Å². The molecule has 2 aromatic carbocycles. The molecule has 0 atom stereocenters. The summed E-state index contributed by atoms with van der Waals surface area (Å²) in [4.78, 5) is 27.7. The fourth-order valence-electron chi connectivity index (χ4n) is 3.53. The summed E-state index contributed by atoms with van der Waals surface area (Å²) in [7, 11) is 0. The fourth-order valence-corrected chi connectivity index (χ4v) is 3.70. The van der Waals surface area contributed by atoms with Crippen LogP contribution in [0.5, 0.6) is 0 Å². The Kier molecular flexibility index (Phi) is 5.39. The molecule has 0 fully saturated rings. The third kappa shape index (κ3) is 4.10. The number of hydrogen-bond acceptors (Lipinski definition) is 5. The van der Waals surface area contributed by atoms with Crippen molar-refractivity contribution in [1.82, 2.24) is 14.8 Å². The number of anilines is 1. The van der Waals surface area contributed by atoms with Gasteiger partial charge < -0.3 is 5.32 Å². The first-order valence-electron chi connectivity index (χ1n) is 9.46. The molecule has 4 aromatic rings. The Labute approximate surface area is 182 Å². The Bertz CT molecular complexity index is 1330. The van der Waals surface area contributed by atoms with Crippen LogP contribution < -0.4 is 5.32 Å². The monoisotopic (exact) mass is 435 g/mol. The number of hydrogen-bond donors (Lipinski definition) is 1. The highest BCUT2D eigenvalue weighted by atomic mass is 35.5. The van der Waals surface area contributed by atoms with Crippen molar-refractivity contribution in [3.63, 3.8) is 0 Å². The van der Waals surface area contributed by atoms with E-state index < -0.39 is 10.8 Å². The van der Waals surface area contributed by atoms with Gasteiger partial charge in [0.2, 0.25) is 5.91 Å². The minimum atomic E-state index is -0.593. The molecule has 1 N–H and O–H groups in total. The van der Waals surface area contributed by atoms with E-state index in [0.29, 0.717) is 5.65 Å². The quantitative estimate of drug-likeness (QED) is 0.354. The van der Waals surface area contributed by atoms with Crippen LogP contribution in [0, 0.1) is 24.0 Å². The molecule has 0 unspecified atom stereocenters. The van der Waals surface area contributed by atoms with Crippen molar-refractivity contribution < 1.29 is 9.72 Å². The summed E-state index contributed by atoms with van der Waals surface area (Å²) in [5, 5.41) is 19.4. The molecule has 0 aliphatic heterocycles.